The SMILES string of the molecule is COC(=O)C(Cc1c[nH]c2ccccc12)NC(=O)CN(CC(OC)OC)C(=O)C1CCCCC1. The third-order valence-corrected chi connectivity index (χ3v) is 6.42. The third-order valence-electron chi connectivity index (χ3n) is 6.42. The van der Waals surface area contributed by atoms with E-state index < -0.39 is 24.2 Å². The number of H-pyrrole nitrogens is 1. The fraction of sp³-hybridized carbons (Fsp3) is 0.560. The Morgan fingerprint density at radius 2 is 1.79 bits per heavy atom. The Morgan fingerprint density at radius 1 is 1.09 bits per heavy atom. The fourth-order valence-electron chi connectivity index (χ4n) is 4.53. The van der Waals surface area contributed by atoms with Gasteiger partial charge in [0.25, 0.3) is 0 Å². The number of hydrogen-bond donors (Lipinski definition) is 2. The van der Waals surface area contributed by atoms with Crippen molar-refractivity contribution in [2.75, 3.05) is 34.4 Å². The lowest BCUT2D eigenvalue weighted by molar-refractivity contribution is -0.153. The summed E-state index contributed by atoms with van der Waals surface area (Å²) in [6.07, 6.45) is 6.19. The number of benzene rings is 1. The van der Waals surface area contributed by atoms with Crippen LogP contribution in [-0.2, 0) is 35.0 Å². The number of nitrogens with one attached hydrogen (secondary N) is 2. The van der Waals surface area contributed by atoms with Crippen molar-refractivity contribution in [1.29, 1.82) is 0 Å². The first-order valence-electron chi connectivity index (χ1n) is 11.7. The van der Waals surface area contributed by atoms with E-state index in [2.05, 4.69) is 10.3 Å². The van der Waals surface area contributed by atoms with E-state index >= 15 is 0 Å². The van der Waals surface area contributed by atoms with Crippen LogP contribution in [0.25, 0.3) is 10.9 Å². The summed E-state index contributed by atoms with van der Waals surface area (Å²) in [6.45, 7) is -0.0684. The third kappa shape index (κ3) is 6.57. The number of aromatic nitrogens is 1. The summed E-state index contributed by atoms with van der Waals surface area (Å²) < 4.78 is 15.5. The second-order valence-electron chi connectivity index (χ2n) is 8.66. The number of amides is 2. The maximum Gasteiger partial charge on any atom is 0.328 e. The highest BCUT2D eigenvalue weighted by Crippen LogP contribution is 2.26. The molecule has 1 heterocycles. The van der Waals surface area contributed by atoms with E-state index in [0.717, 1.165) is 48.6 Å². The molecule has 34 heavy (non-hydrogen) atoms. The monoisotopic (exact) mass is 473 g/mol. The average Bonchev–Trinajstić information content (AvgIpc) is 3.28. The number of esters is 1. The molecule has 186 valence electrons. The Balaban J connectivity index is 1.72. The van der Waals surface area contributed by atoms with Crippen molar-refractivity contribution in [2.45, 2.75) is 50.9 Å². The molecule has 0 bridgehead atoms. The molecule has 1 saturated carbocycles. The fourth-order valence-corrected chi connectivity index (χ4v) is 4.53. The van der Waals surface area contributed by atoms with E-state index in [-0.39, 0.29) is 31.3 Å². The van der Waals surface area contributed by atoms with Crippen LogP contribution in [0.5, 0.6) is 0 Å². The van der Waals surface area contributed by atoms with E-state index in [1.807, 2.05) is 30.5 Å². The summed E-state index contributed by atoms with van der Waals surface area (Å²) in [5.74, 6) is -1.18. The van der Waals surface area contributed by atoms with Crippen molar-refractivity contribution in [3.05, 3.63) is 36.0 Å². The Kier molecular flexibility index (Phi) is 9.47. The van der Waals surface area contributed by atoms with Gasteiger partial charge in [-0.1, -0.05) is 37.5 Å². The van der Waals surface area contributed by atoms with Gasteiger partial charge >= 0.3 is 5.97 Å². The summed E-state index contributed by atoms with van der Waals surface area (Å²) in [5, 5.41) is 3.74. The van der Waals surface area contributed by atoms with Crippen molar-refractivity contribution in [1.82, 2.24) is 15.2 Å². The van der Waals surface area contributed by atoms with Crippen LogP contribution in [0.1, 0.15) is 37.7 Å². The first-order valence-corrected chi connectivity index (χ1v) is 11.7. The van der Waals surface area contributed by atoms with Crippen LogP contribution in [0.4, 0.5) is 0 Å². The Labute approximate surface area is 200 Å². The van der Waals surface area contributed by atoms with Gasteiger partial charge in [0, 0.05) is 43.7 Å². The number of ether oxygens (including phenoxy) is 3. The van der Waals surface area contributed by atoms with Crippen LogP contribution in [0.3, 0.4) is 0 Å². The van der Waals surface area contributed by atoms with Crippen LogP contribution in [-0.4, -0.2) is 74.4 Å². The molecule has 1 atom stereocenters. The molecule has 0 radical (unpaired) electrons. The normalized spacial score (nSPS) is 15.3. The van der Waals surface area contributed by atoms with Gasteiger partial charge in [-0.15, -0.1) is 0 Å². The van der Waals surface area contributed by atoms with Crippen LogP contribution >= 0.6 is 0 Å². The second kappa shape index (κ2) is 12.5. The topological polar surface area (TPSA) is 110 Å². The number of fused-ring (bicyclic) bond motifs is 1. The van der Waals surface area contributed by atoms with Gasteiger partial charge < -0.3 is 29.4 Å². The lowest BCUT2D eigenvalue weighted by atomic mass is 9.88. The number of aromatic amines is 1. The summed E-state index contributed by atoms with van der Waals surface area (Å²) in [5.41, 5.74) is 1.84. The molecule has 9 nitrogen and oxygen atoms in total. The Morgan fingerprint density at radius 3 is 2.47 bits per heavy atom. The zero-order valence-electron chi connectivity index (χ0n) is 20.2. The largest absolute Gasteiger partial charge is 0.467 e. The van der Waals surface area contributed by atoms with Crippen molar-refractivity contribution >= 4 is 28.7 Å². The number of rotatable bonds is 11. The highest BCUT2D eigenvalue weighted by molar-refractivity contribution is 5.90. The number of nitrogens with zero attached hydrogens (tertiary/aromatic N) is 1. The Bertz CT molecular complexity index is 964. The second-order valence-corrected chi connectivity index (χ2v) is 8.66. The first-order chi connectivity index (χ1) is 16.5. The summed E-state index contributed by atoms with van der Waals surface area (Å²) in [4.78, 5) is 43.4. The van der Waals surface area contributed by atoms with E-state index in [4.69, 9.17) is 14.2 Å². The zero-order chi connectivity index (χ0) is 24.5. The van der Waals surface area contributed by atoms with Gasteiger partial charge in [-0.2, -0.15) is 0 Å². The maximum atomic E-state index is 13.2. The molecule has 2 aromatic rings. The molecule has 1 fully saturated rings. The Hall–Kier alpha value is -2.91. The number of carbonyl (C=O) groups is 3. The smallest absolute Gasteiger partial charge is 0.328 e. The van der Waals surface area contributed by atoms with Crippen molar-refractivity contribution in [3.63, 3.8) is 0 Å². The molecular formula is C25H35N3O6. The van der Waals surface area contributed by atoms with E-state index in [1.54, 1.807) is 0 Å². The number of para-hydroxylation sites is 1. The molecule has 2 amide bonds. The van der Waals surface area contributed by atoms with Gasteiger partial charge in [0.15, 0.2) is 6.29 Å². The first kappa shape index (κ1) is 25.7. The van der Waals surface area contributed by atoms with Gasteiger partial charge in [-0.3, -0.25) is 9.59 Å². The molecule has 1 aromatic carbocycles. The molecule has 1 aromatic heterocycles. The minimum absolute atomic E-state index is 0.0832. The van der Waals surface area contributed by atoms with Crippen molar-refractivity contribution in [3.8, 4) is 0 Å². The standard InChI is InChI=1S/C25H35N3O6/c1-32-23(33-2)16-28(24(30)17-9-5-4-6-10-17)15-22(29)27-21(25(31)34-3)13-18-14-26-20-12-8-7-11-19(18)20/h7-8,11-12,14,17,21,23,26H,4-6,9-10,13,15-16H2,1-3H3,(H,27,29). The number of hydrogen-bond acceptors (Lipinski definition) is 6. The van der Waals surface area contributed by atoms with Gasteiger partial charge in [-0.05, 0) is 24.5 Å². The minimum Gasteiger partial charge on any atom is -0.467 e. The van der Waals surface area contributed by atoms with Crippen LogP contribution in [0, 0.1) is 5.92 Å². The van der Waals surface area contributed by atoms with Crippen molar-refractivity contribution in [2.24, 2.45) is 5.92 Å². The van der Waals surface area contributed by atoms with Crippen molar-refractivity contribution < 1.29 is 28.6 Å². The van der Waals surface area contributed by atoms with Crippen LogP contribution < -0.4 is 5.32 Å². The van der Waals surface area contributed by atoms with Gasteiger partial charge in [0.1, 0.15) is 6.04 Å². The molecule has 0 aliphatic heterocycles. The lowest BCUT2D eigenvalue weighted by Crippen LogP contribution is -2.51. The zero-order valence-corrected chi connectivity index (χ0v) is 20.2. The average molecular weight is 474 g/mol. The molecule has 0 saturated heterocycles. The number of methoxy groups -OCH3 is 3. The summed E-state index contributed by atoms with van der Waals surface area (Å²) in [7, 11) is 4.27. The molecule has 0 spiro atoms. The minimum atomic E-state index is -0.885. The van der Waals surface area contributed by atoms with Gasteiger partial charge in [0.05, 0.1) is 20.2 Å². The molecule has 1 aliphatic rings. The summed E-state index contributed by atoms with van der Waals surface area (Å²) in [6, 6.07) is 6.86. The quantitative estimate of drug-likeness (QED) is 0.383. The van der Waals surface area contributed by atoms with Crippen LogP contribution in [0.2, 0.25) is 0 Å². The van der Waals surface area contributed by atoms with E-state index in [0.29, 0.717) is 0 Å². The maximum absolute atomic E-state index is 13.2. The molecule has 1 aliphatic carbocycles. The van der Waals surface area contributed by atoms with Crippen LogP contribution in [0.15, 0.2) is 30.5 Å². The molecular weight excluding hydrogens is 438 g/mol. The molecule has 3 rings (SSSR count). The molecule has 2 N–H and O–H groups in total. The predicted octanol–water partition coefficient (Wildman–Crippen LogP) is 2.40. The molecule has 1 unspecified atom stereocenters. The van der Waals surface area contributed by atoms with Gasteiger partial charge in [-0.25, -0.2) is 4.79 Å². The summed E-state index contributed by atoms with van der Waals surface area (Å²) >= 11 is 0. The number of carbonyl (C=O) groups excluding carboxylic acids is 3. The highest BCUT2D eigenvalue weighted by Gasteiger charge is 2.30. The highest BCUT2D eigenvalue weighted by atomic mass is 16.7. The van der Waals surface area contributed by atoms with E-state index in [1.165, 1.54) is 26.2 Å². The molecule has 9 heteroatoms. The predicted molar refractivity (Wildman–Crippen MR) is 127 cm³/mol. The van der Waals surface area contributed by atoms with Gasteiger partial charge in [0.2, 0.25) is 11.8 Å². The van der Waals surface area contributed by atoms with E-state index in [9.17, 15) is 14.4 Å². The lowest BCUT2D eigenvalue weighted by Gasteiger charge is -2.31.